The molecular weight excluding hydrogens is 494 g/mol. The Bertz CT molecular complexity index is 1330. The van der Waals surface area contributed by atoms with Crippen LogP contribution in [0.4, 0.5) is 5.69 Å². The van der Waals surface area contributed by atoms with E-state index in [1.165, 1.54) is 32.9 Å². The number of aliphatic hydroxyl groups excluding tert-OH is 1. The fourth-order valence-electron chi connectivity index (χ4n) is 7.64. The van der Waals surface area contributed by atoms with E-state index in [2.05, 4.69) is 5.32 Å². The molecule has 0 radical (unpaired) electrons. The minimum atomic E-state index is -3.02. The Morgan fingerprint density at radius 2 is 1.61 bits per heavy atom. The van der Waals surface area contributed by atoms with Crippen LogP contribution < -0.4 is 5.32 Å². The van der Waals surface area contributed by atoms with Crippen LogP contribution in [0.1, 0.15) is 70.3 Å². The fraction of sp³-hybridized carbons (Fsp3) is 0.571. The molecule has 8 atom stereocenters. The largest absolute Gasteiger partial charge is 0.505 e. The number of rotatable bonds is 3. The van der Waals surface area contributed by atoms with E-state index in [4.69, 9.17) is 0 Å². The van der Waals surface area contributed by atoms with Gasteiger partial charge in [0.1, 0.15) is 17.5 Å². The number of Topliss-reactive ketones (excluding diaryl/α,β-unsaturated/α-hetero) is 5. The number of benzene rings is 1. The predicted octanol–water partition coefficient (Wildman–Crippen LogP) is 1.58. The second-order valence-electron chi connectivity index (χ2n) is 11.8. The summed E-state index contributed by atoms with van der Waals surface area (Å²) in [6.45, 7) is 9.96. The van der Waals surface area contributed by atoms with Gasteiger partial charge in [0.25, 0.3) is 0 Å². The average Bonchev–Trinajstić information content (AvgIpc) is 2.80. The van der Waals surface area contributed by atoms with E-state index in [0.717, 1.165) is 6.92 Å². The highest BCUT2D eigenvalue weighted by Gasteiger charge is 2.80. The van der Waals surface area contributed by atoms with Crippen molar-refractivity contribution in [2.75, 3.05) is 5.32 Å². The topological polar surface area (TPSA) is 175 Å². The summed E-state index contributed by atoms with van der Waals surface area (Å²) in [4.78, 5) is 79.5. The number of phenols is 1. The Morgan fingerprint density at radius 1 is 1.03 bits per heavy atom. The number of hydrogen-bond donors (Lipinski definition) is 4. The molecule has 0 heterocycles. The van der Waals surface area contributed by atoms with Crippen molar-refractivity contribution in [2.24, 2.45) is 34.5 Å². The number of hydrogen-bond acceptors (Lipinski definition) is 9. The Hall–Kier alpha value is -3.24. The van der Waals surface area contributed by atoms with Gasteiger partial charge in [0.15, 0.2) is 28.7 Å². The van der Waals surface area contributed by atoms with Crippen LogP contribution in [0, 0.1) is 34.5 Å². The van der Waals surface area contributed by atoms with Crippen molar-refractivity contribution in [3.8, 4) is 5.75 Å². The van der Waals surface area contributed by atoms with Gasteiger partial charge in [0, 0.05) is 23.7 Å². The van der Waals surface area contributed by atoms with Crippen molar-refractivity contribution >= 4 is 40.5 Å². The van der Waals surface area contributed by atoms with E-state index in [1.54, 1.807) is 20.8 Å². The molecule has 2 saturated carbocycles. The third kappa shape index (κ3) is 3.01. The van der Waals surface area contributed by atoms with Crippen LogP contribution >= 0.6 is 0 Å². The SMILES string of the molecule is CC(=O)Nc1ccc2c(c1O)C(=O)C1C(=O)[C@@]3(O)C(=O)C(C(C)=O)C(=O)C(C(C)C)[C@@]3(C)[C@H](O)[C@@]1(C)[C@@H]2C. The average molecular weight is 528 g/mol. The summed E-state index contributed by atoms with van der Waals surface area (Å²) >= 11 is 0. The Labute approximate surface area is 219 Å². The lowest BCUT2D eigenvalue weighted by Gasteiger charge is -2.65. The fourth-order valence-corrected chi connectivity index (χ4v) is 7.64. The van der Waals surface area contributed by atoms with Crippen molar-refractivity contribution in [3.05, 3.63) is 23.3 Å². The standard InChI is InChI=1S/C28H33NO9/c1-10(2)18-21(33)16(12(4)30)23(35)28(38)24(36)19-22(34)17-14(8-9-15(20(17)32)29-13(5)31)11(3)26(19,6)25(37)27(18,28)7/h8-11,16,18-19,25,32,37-38H,1-7H3,(H,29,31)/t11-,16?,18?,19?,25-,26+,27+,28+/m1/s1. The van der Waals surface area contributed by atoms with Gasteiger partial charge in [-0.15, -0.1) is 0 Å². The molecule has 3 aliphatic rings. The number of aromatic hydroxyl groups is 1. The van der Waals surface area contributed by atoms with Crippen molar-refractivity contribution in [3.63, 3.8) is 0 Å². The molecule has 4 N–H and O–H groups in total. The molecule has 204 valence electrons. The number of phenolic OH excluding ortho intramolecular Hbond substituents is 1. The summed E-state index contributed by atoms with van der Waals surface area (Å²) in [5.74, 6) is -12.5. The van der Waals surface area contributed by atoms with E-state index in [1.807, 2.05) is 0 Å². The zero-order valence-electron chi connectivity index (χ0n) is 22.4. The monoisotopic (exact) mass is 527 g/mol. The predicted molar refractivity (Wildman–Crippen MR) is 133 cm³/mol. The van der Waals surface area contributed by atoms with Crippen molar-refractivity contribution in [2.45, 2.75) is 66.1 Å². The van der Waals surface area contributed by atoms with E-state index in [0.29, 0.717) is 5.56 Å². The molecule has 3 unspecified atom stereocenters. The van der Waals surface area contributed by atoms with Crippen molar-refractivity contribution < 1.29 is 44.1 Å². The van der Waals surface area contributed by atoms with E-state index < -0.39 is 92.7 Å². The first-order valence-electron chi connectivity index (χ1n) is 12.6. The molecule has 1 aromatic carbocycles. The normalized spacial score (nSPS) is 38.4. The van der Waals surface area contributed by atoms with Crippen LogP contribution in [0.2, 0.25) is 0 Å². The molecule has 38 heavy (non-hydrogen) atoms. The van der Waals surface area contributed by atoms with Crippen LogP contribution in [0.15, 0.2) is 12.1 Å². The van der Waals surface area contributed by atoms with E-state index >= 15 is 0 Å². The number of aliphatic hydroxyl groups is 2. The third-order valence-electron chi connectivity index (χ3n) is 9.54. The number of ketones is 5. The summed E-state index contributed by atoms with van der Waals surface area (Å²) in [7, 11) is 0. The summed E-state index contributed by atoms with van der Waals surface area (Å²) in [6, 6.07) is 2.91. The molecule has 4 rings (SSSR count). The van der Waals surface area contributed by atoms with Crippen molar-refractivity contribution in [1.29, 1.82) is 0 Å². The van der Waals surface area contributed by atoms with Gasteiger partial charge < -0.3 is 20.6 Å². The quantitative estimate of drug-likeness (QED) is 0.336. The third-order valence-corrected chi connectivity index (χ3v) is 9.54. The lowest BCUT2D eigenvalue weighted by Crippen LogP contribution is -2.81. The van der Waals surface area contributed by atoms with Gasteiger partial charge >= 0.3 is 0 Å². The Kier molecular flexibility index (Phi) is 6.13. The maximum Gasteiger partial charge on any atom is 0.221 e. The second kappa shape index (κ2) is 8.38. The minimum absolute atomic E-state index is 0.0661. The van der Waals surface area contributed by atoms with Crippen molar-refractivity contribution in [1.82, 2.24) is 0 Å². The number of carbonyl (C=O) groups is 6. The molecule has 0 spiro atoms. The maximum atomic E-state index is 14.3. The number of carbonyl (C=O) groups excluding carboxylic acids is 6. The lowest BCUT2D eigenvalue weighted by atomic mass is 9.37. The van der Waals surface area contributed by atoms with Crippen LogP contribution in [-0.2, 0) is 24.0 Å². The maximum absolute atomic E-state index is 14.3. The van der Waals surface area contributed by atoms with Crippen LogP contribution in [0.3, 0.4) is 0 Å². The van der Waals surface area contributed by atoms with Crippen LogP contribution in [-0.4, -0.2) is 61.8 Å². The molecule has 10 heteroatoms. The summed E-state index contributed by atoms with van der Waals surface area (Å²) < 4.78 is 0. The molecule has 2 fully saturated rings. The Morgan fingerprint density at radius 3 is 2.11 bits per heavy atom. The highest BCUT2D eigenvalue weighted by molar-refractivity contribution is 6.33. The van der Waals surface area contributed by atoms with Gasteiger partial charge in [-0.25, -0.2) is 0 Å². The first-order chi connectivity index (χ1) is 17.4. The van der Waals surface area contributed by atoms with Gasteiger partial charge in [-0.3, -0.25) is 28.8 Å². The minimum Gasteiger partial charge on any atom is -0.505 e. The molecule has 1 amide bonds. The summed E-state index contributed by atoms with van der Waals surface area (Å²) in [6.07, 6.45) is -1.72. The molecule has 3 aliphatic carbocycles. The summed E-state index contributed by atoms with van der Waals surface area (Å²) in [5.41, 5.74) is -6.69. The van der Waals surface area contributed by atoms with Gasteiger partial charge in [-0.05, 0) is 30.4 Å². The van der Waals surface area contributed by atoms with Gasteiger partial charge in [0.05, 0.1) is 23.3 Å². The highest BCUT2D eigenvalue weighted by Crippen LogP contribution is 2.66. The van der Waals surface area contributed by atoms with Gasteiger partial charge in [0.2, 0.25) is 5.91 Å². The number of nitrogens with one attached hydrogen (secondary N) is 1. The molecule has 10 nitrogen and oxygen atoms in total. The molecular formula is C28H33NO9. The summed E-state index contributed by atoms with van der Waals surface area (Å²) in [5, 5.41) is 37.4. The molecule has 0 saturated heterocycles. The van der Waals surface area contributed by atoms with Gasteiger partial charge in [-0.2, -0.15) is 0 Å². The molecule has 1 aromatic rings. The van der Waals surface area contributed by atoms with Gasteiger partial charge in [-0.1, -0.05) is 40.7 Å². The number of amides is 1. The number of anilines is 1. The zero-order valence-corrected chi connectivity index (χ0v) is 22.4. The van der Waals surface area contributed by atoms with E-state index in [9.17, 15) is 44.1 Å². The molecule has 0 bridgehead atoms. The lowest BCUT2D eigenvalue weighted by molar-refractivity contribution is -0.240. The number of fused-ring (bicyclic) bond motifs is 3. The van der Waals surface area contributed by atoms with Crippen LogP contribution in [0.5, 0.6) is 5.75 Å². The second-order valence-corrected chi connectivity index (χ2v) is 11.8. The highest BCUT2D eigenvalue weighted by atomic mass is 16.3. The first kappa shape index (κ1) is 27.8. The smallest absolute Gasteiger partial charge is 0.221 e. The zero-order chi connectivity index (χ0) is 28.9. The molecule has 0 aromatic heterocycles. The first-order valence-corrected chi connectivity index (χ1v) is 12.6. The molecule has 0 aliphatic heterocycles. The van der Waals surface area contributed by atoms with Crippen LogP contribution in [0.25, 0.3) is 0 Å². The Balaban J connectivity index is 2.04. The van der Waals surface area contributed by atoms with E-state index in [-0.39, 0.29) is 11.3 Å².